The molecule has 5 atom stereocenters. The molecule has 10 heteroatoms. The fraction of sp³-hybridized carbons (Fsp3) is 0.457. The molecular formula is C35H42N4O5S. The predicted molar refractivity (Wildman–Crippen MR) is 179 cm³/mol. The number of aliphatic hydroxyl groups is 1. The van der Waals surface area contributed by atoms with Crippen molar-refractivity contribution in [2.24, 2.45) is 11.8 Å². The molecule has 2 fully saturated rings. The second-order valence-corrected chi connectivity index (χ2v) is 13.3. The van der Waals surface area contributed by atoms with E-state index in [1.54, 1.807) is 26.5 Å². The quantitative estimate of drug-likeness (QED) is 0.395. The zero-order chi connectivity index (χ0) is 31.7. The van der Waals surface area contributed by atoms with Crippen LogP contribution in [0.5, 0.6) is 5.75 Å². The first-order valence-corrected chi connectivity index (χ1v) is 16.9. The van der Waals surface area contributed by atoms with Crippen LogP contribution in [0, 0.1) is 11.8 Å². The summed E-state index contributed by atoms with van der Waals surface area (Å²) < 4.78 is 4.69. The highest BCUT2D eigenvalue weighted by atomic mass is 32.2. The normalized spacial score (nSPS) is 27.3. The van der Waals surface area contributed by atoms with Crippen LogP contribution in [0.3, 0.4) is 0 Å². The Morgan fingerprint density at radius 1 is 0.889 bits per heavy atom. The highest BCUT2D eigenvalue weighted by Crippen LogP contribution is 2.61. The third-order valence-corrected chi connectivity index (χ3v) is 11.2. The van der Waals surface area contributed by atoms with Gasteiger partial charge in [0.15, 0.2) is 0 Å². The van der Waals surface area contributed by atoms with Gasteiger partial charge in [-0.1, -0.05) is 24.3 Å². The van der Waals surface area contributed by atoms with Gasteiger partial charge in [-0.15, -0.1) is 11.8 Å². The summed E-state index contributed by atoms with van der Waals surface area (Å²) in [7, 11) is 0. The average Bonchev–Trinajstić information content (AvgIpc) is 3.36. The topological polar surface area (TPSA) is 93.6 Å². The molecule has 1 spiro atoms. The largest absolute Gasteiger partial charge is 0.494 e. The van der Waals surface area contributed by atoms with Crippen molar-refractivity contribution in [3.63, 3.8) is 0 Å². The zero-order valence-electron chi connectivity index (χ0n) is 26.2. The van der Waals surface area contributed by atoms with Gasteiger partial charge in [-0.2, -0.15) is 0 Å². The summed E-state index contributed by atoms with van der Waals surface area (Å²) in [6.45, 7) is 9.40. The molecule has 2 aromatic carbocycles. The second kappa shape index (κ2) is 12.9. The van der Waals surface area contributed by atoms with Crippen LogP contribution in [0.15, 0.2) is 72.8 Å². The number of fused-ring (bicyclic) bond motifs is 2. The minimum Gasteiger partial charge on any atom is -0.494 e. The maximum atomic E-state index is 14.6. The number of rotatable bonds is 10. The number of carbonyl (C=O) groups excluding carboxylic acids is 3. The van der Waals surface area contributed by atoms with Crippen molar-refractivity contribution in [3.8, 4) is 5.75 Å². The average molecular weight is 631 g/mol. The van der Waals surface area contributed by atoms with E-state index in [1.165, 1.54) is 0 Å². The third-order valence-electron chi connectivity index (χ3n) is 9.47. The Bertz CT molecular complexity index is 1470. The van der Waals surface area contributed by atoms with Crippen molar-refractivity contribution in [3.05, 3.63) is 72.8 Å². The predicted octanol–water partition coefficient (Wildman–Crippen LogP) is 4.12. The second-order valence-electron chi connectivity index (χ2n) is 11.8. The molecule has 2 aromatic rings. The molecule has 238 valence electrons. The number of thioether (sulfide) groups is 1. The van der Waals surface area contributed by atoms with Crippen molar-refractivity contribution >= 4 is 46.5 Å². The van der Waals surface area contributed by atoms with Crippen molar-refractivity contribution in [1.82, 2.24) is 4.90 Å². The smallest absolute Gasteiger partial charge is 0.251 e. The van der Waals surface area contributed by atoms with Gasteiger partial charge in [0.2, 0.25) is 11.8 Å². The highest BCUT2D eigenvalue weighted by Gasteiger charge is 2.71. The van der Waals surface area contributed by atoms with Gasteiger partial charge < -0.3 is 29.4 Å². The molecular weight excluding hydrogens is 588 g/mol. The van der Waals surface area contributed by atoms with E-state index in [9.17, 15) is 19.5 Å². The third kappa shape index (κ3) is 5.31. The van der Waals surface area contributed by atoms with E-state index in [0.29, 0.717) is 26.1 Å². The Morgan fingerprint density at radius 2 is 1.53 bits per heavy atom. The van der Waals surface area contributed by atoms with Crippen molar-refractivity contribution < 1.29 is 24.2 Å². The molecule has 6 rings (SSSR count). The lowest BCUT2D eigenvalue weighted by molar-refractivity contribution is -0.138. The van der Waals surface area contributed by atoms with Gasteiger partial charge in [0.25, 0.3) is 5.91 Å². The maximum Gasteiger partial charge on any atom is 0.251 e. The molecule has 1 N–H and O–H groups in total. The van der Waals surface area contributed by atoms with E-state index in [4.69, 9.17) is 4.74 Å². The highest BCUT2D eigenvalue weighted by molar-refractivity contribution is 8.02. The lowest BCUT2D eigenvalue weighted by Gasteiger charge is -2.35. The minimum absolute atomic E-state index is 0.0961. The van der Waals surface area contributed by atoms with Crippen LogP contribution in [0.4, 0.5) is 17.1 Å². The lowest BCUT2D eigenvalue weighted by atomic mass is 9.78. The number of carbonyl (C=O) groups is 3. The van der Waals surface area contributed by atoms with Crippen LogP contribution in [0.25, 0.3) is 0 Å². The fourth-order valence-electron chi connectivity index (χ4n) is 7.40. The van der Waals surface area contributed by atoms with Gasteiger partial charge in [-0.05, 0) is 75.7 Å². The molecule has 0 saturated carbocycles. The summed E-state index contributed by atoms with van der Waals surface area (Å²) in [5.41, 5.74) is 2.60. The van der Waals surface area contributed by atoms with Crippen molar-refractivity contribution in [2.45, 2.75) is 43.2 Å². The molecule has 0 aromatic heterocycles. The molecule has 1 unspecified atom stereocenters. The Morgan fingerprint density at radius 3 is 2.18 bits per heavy atom. The van der Waals surface area contributed by atoms with Gasteiger partial charge in [0.05, 0.1) is 23.2 Å². The molecule has 9 nitrogen and oxygen atoms in total. The van der Waals surface area contributed by atoms with Crippen LogP contribution in [0.1, 0.15) is 27.2 Å². The van der Waals surface area contributed by atoms with E-state index in [-0.39, 0.29) is 36.1 Å². The summed E-state index contributed by atoms with van der Waals surface area (Å²) in [6.07, 6.45) is 8.42. The van der Waals surface area contributed by atoms with Gasteiger partial charge in [-0.25, -0.2) is 0 Å². The van der Waals surface area contributed by atoms with E-state index in [1.807, 2.05) is 79.8 Å². The summed E-state index contributed by atoms with van der Waals surface area (Å²) in [5.74, 6) is -1.08. The van der Waals surface area contributed by atoms with Gasteiger partial charge in [-0.3, -0.25) is 14.4 Å². The number of amides is 3. The molecule has 45 heavy (non-hydrogen) atoms. The Balaban J connectivity index is 1.36. The molecule has 4 aliphatic heterocycles. The molecule has 0 radical (unpaired) electrons. The van der Waals surface area contributed by atoms with Crippen molar-refractivity contribution in [1.29, 1.82) is 0 Å². The first-order valence-electron chi connectivity index (χ1n) is 16.0. The number of hydrogen-bond acceptors (Lipinski definition) is 7. The van der Waals surface area contributed by atoms with Crippen LogP contribution in [-0.4, -0.2) is 89.7 Å². The molecule has 4 aliphatic rings. The van der Waals surface area contributed by atoms with E-state index in [0.717, 1.165) is 35.9 Å². The van der Waals surface area contributed by atoms with E-state index < -0.39 is 22.6 Å². The summed E-state index contributed by atoms with van der Waals surface area (Å²) in [4.78, 5) is 50.8. The lowest BCUT2D eigenvalue weighted by Crippen LogP contribution is -2.53. The standard InChI is InChI=1S/C35H42N4O5S/c1-4-36(5-2)24-11-13-25(14-12-24)38-21-8-19-35-30(33(42)39(22-9-23-40)31(35)34(38)43)29-28(45-35)10-7-20-37(32(29)41)26-15-17-27(18-16-26)44-6-3/h7-8,10-19,28-31,40H,4-6,9,20-23H2,1-3H3/t28-,29+,30+,31?,35+/m1/s1. The molecule has 4 heterocycles. The number of anilines is 3. The summed E-state index contributed by atoms with van der Waals surface area (Å²) >= 11 is 1.57. The first kappa shape index (κ1) is 31.2. The zero-order valence-corrected chi connectivity index (χ0v) is 27.0. The summed E-state index contributed by atoms with van der Waals surface area (Å²) in [5, 5.41) is 9.47. The Kier molecular flexibility index (Phi) is 8.97. The van der Waals surface area contributed by atoms with Crippen LogP contribution in [-0.2, 0) is 14.4 Å². The Hall–Kier alpha value is -3.76. The van der Waals surface area contributed by atoms with Crippen molar-refractivity contribution in [2.75, 3.05) is 60.6 Å². The monoisotopic (exact) mass is 630 g/mol. The first-order chi connectivity index (χ1) is 21.9. The molecule has 0 bridgehead atoms. The SMILES string of the molecule is CCOc1ccc(N2CC=C[C@H]3S[C@]45C=CCN(c6ccc(N(CC)CC)cc6)C(=O)C4N(CCCO)C(=O)[C@@H]5[C@H]3C2=O)cc1. The molecule has 3 amide bonds. The number of hydrogen-bond donors (Lipinski definition) is 1. The Labute approximate surface area is 269 Å². The maximum absolute atomic E-state index is 14.6. The number of aliphatic hydroxyl groups excluding tert-OH is 1. The van der Waals surface area contributed by atoms with Crippen LogP contribution >= 0.6 is 11.8 Å². The van der Waals surface area contributed by atoms with Crippen LogP contribution < -0.4 is 19.4 Å². The van der Waals surface area contributed by atoms with E-state index in [2.05, 4.69) is 18.7 Å². The van der Waals surface area contributed by atoms with Crippen LogP contribution in [0.2, 0.25) is 0 Å². The number of likely N-dealkylation sites (tertiary alicyclic amines) is 1. The number of ether oxygens (including phenoxy) is 1. The molecule has 0 aliphatic carbocycles. The van der Waals surface area contributed by atoms with Gasteiger partial charge in [0.1, 0.15) is 11.8 Å². The van der Waals surface area contributed by atoms with Gasteiger partial charge >= 0.3 is 0 Å². The minimum atomic E-state index is -0.906. The summed E-state index contributed by atoms with van der Waals surface area (Å²) in [6, 6.07) is 14.7. The number of benzene rings is 2. The number of nitrogens with zero attached hydrogens (tertiary/aromatic N) is 4. The fourth-order valence-corrected chi connectivity index (χ4v) is 9.41. The molecule has 2 saturated heterocycles. The van der Waals surface area contributed by atoms with E-state index >= 15 is 0 Å². The van der Waals surface area contributed by atoms with Gasteiger partial charge in [0, 0.05) is 61.6 Å².